The van der Waals surface area contributed by atoms with Crippen molar-refractivity contribution in [2.24, 2.45) is 4.36 Å². The number of hydrogen-bond donors (Lipinski definition) is 2. The smallest absolute Gasteiger partial charge is 0.442 e. The number of nitrogens with one attached hydrogen (secondary N) is 2. The molecule has 0 radical (unpaired) electrons. The van der Waals surface area contributed by atoms with Crippen molar-refractivity contribution in [3.63, 3.8) is 0 Å². The lowest BCUT2D eigenvalue weighted by Crippen LogP contribution is -2.24. The Bertz CT molecular complexity index is 1360. The van der Waals surface area contributed by atoms with E-state index in [1.54, 1.807) is 48.7 Å². The molecule has 204 valence electrons. The van der Waals surface area contributed by atoms with Crippen LogP contribution in [0.1, 0.15) is 40.5 Å². The summed E-state index contributed by atoms with van der Waals surface area (Å²) in [4.78, 5) is 34.2. The molecule has 2 N–H and O–H groups in total. The third-order valence-corrected chi connectivity index (χ3v) is 7.46. The van der Waals surface area contributed by atoms with Gasteiger partial charge in [0.05, 0.1) is 21.9 Å². The fourth-order valence-corrected chi connectivity index (χ4v) is 5.11. The topological polar surface area (TPSA) is 132 Å². The number of rotatable bonds is 10. The maximum absolute atomic E-state index is 12.8. The molecular weight excluding hydrogens is 526 g/mol. The summed E-state index contributed by atoms with van der Waals surface area (Å²) in [6.45, 7) is 7.88. The van der Waals surface area contributed by atoms with Gasteiger partial charge in [-0.2, -0.15) is 4.98 Å². The third-order valence-electron chi connectivity index (χ3n) is 4.91. The molecule has 0 bridgehead atoms. The molecule has 1 aromatic carbocycles. The van der Waals surface area contributed by atoms with E-state index in [1.165, 1.54) is 6.26 Å². The molecule has 38 heavy (non-hydrogen) atoms. The van der Waals surface area contributed by atoms with Gasteiger partial charge in [0, 0.05) is 40.9 Å². The van der Waals surface area contributed by atoms with Crippen LogP contribution in [-0.2, 0) is 24.0 Å². The van der Waals surface area contributed by atoms with E-state index in [4.69, 9.17) is 9.47 Å². The fraction of sp³-hybridized carbons (Fsp3) is 0.385. The number of carbonyl (C=O) groups is 2. The van der Waals surface area contributed by atoms with E-state index < -0.39 is 21.4 Å². The van der Waals surface area contributed by atoms with Crippen LogP contribution in [0.15, 0.2) is 57.2 Å². The van der Waals surface area contributed by atoms with Gasteiger partial charge in [0.1, 0.15) is 11.4 Å². The number of amides is 1. The fourth-order valence-electron chi connectivity index (χ4n) is 3.29. The van der Waals surface area contributed by atoms with Crippen LogP contribution in [0.5, 0.6) is 0 Å². The van der Waals surface area contributed by atoms with Gasteiger partial charge in [-0.25, -0.2) is 14.0 Å². The van der Waals surface area contributed by atoms with Crippen LogP contribution in [0.3, 0.4) is 0 Å². The molecule has 0 saturated heterocycles. The van der Waals surface area contributed by atoms with Crippen LogP contribution in [-0.4, -0.2) is 51.2 Å². The van der Waals surface area contributed by atoms with Gasteiger partial charge in [0.2, 0.25) is 5.95 Å². The predicted molar refractivity (Wildman–Crippen MR) is 150 cm³/mol. The maximum atomic E-state index is 12.8. The number of anilines is 3. The molecule has 0 fully saturated rings. The van der Waals surface area contributed by atoms with Crippen molar-refractivity contribution < 1.29 is 23.3 Å². The van der Waals surface area contributed by atoms with Gasteiger partial charge in [-0.15, -0.1) is 15.7 Å². The average molecular weight is 560 g/mol. The Labute approximate surface area is 227 Å². The van der Waals surface area contributed by atoms with Crippen LogP contribution < -0.4 is 10.6 Å². The zero-order valence-corrected chi connectivity index (χ0v) is 23.8. The van der Waals surface area contributed by atoms with Crippen molar-refractivity contribution in [1.82, 2.24) is 9.97 Å². The lowest BCUT2D eigenvalue weighted by Gasteiger charge is -2.19. The molecule has 12 heteroatoms. The first kappa shape index (κ1) is 29.1. The summed E-state index contributed by atoms with van der Waals surface area (Å²) in [5.41, 5.74) is 1.01. The molecule has 0 spiro atoms. The summed E-state index contributed by atoms with van der Waals surface area (Å²) in [7, 11) is -2.94. The number of esters is 1. The summed E-state index contributed by atoms with van der Waals surface area (Å²) in [5.74, 6) is 0.758. The molecule has 3 rings (SSSR count). The van der Waals surface area contributed by atoms with E-state index in [-0.39, 0.29) is 12.6 Å². The minimum atomic E-state index is -2.94. The van der Waals surface area contributed by atoms with E-state index in [0.29, 0.717) is 41.7 Å². The van der Waals surface area contributed by atoms with Crippen LogP contribution in [0.4, 0.5) is 22.2 Å². The molecule has 3 aromatic rings. The highest BCUT2D eigenvalue weighted by atomic mass is 32.2. The lowest BCUT2D eigenvalue weighted by atomic mass is 10.2. The minimum Gasteiger partial charge on any atom is -0.460 e. The van der Waals surface area contributed by atoms with Crippen LogP contribution in [0.2, 0.25) is 0 Å². The summed E-state index contributed by atoms with van der Waals surface area (Å²) >= 11 is 1.58. The third kappa shape index (κ3) is 8.80. The highest BCUT2D eigenvalue weighted by Gasteiger charge is 2.16. The number of benzene rings is 1. The number of nitrogens with zero attached hydrogens (tertiary/aromatic N) is 3. The van der Waals surface area contributed by atoms with Crippen molar-refractivity contribution in [2.75, 3.05) is 30.0 Å². The van der Waals surface area contributed by atoms with Crippen molar-refractivity contribution in [2.45, 2.75) is 51.0 Å². The monoisotopic (exact) mass is 559 g/mol. The van der Waals surface area contributed by atoms with E-state index in [0.717, 1.165) is 10.4 Å². The summed E-state index contributed by atoms with van der Waals surface area (Å²) in [6.07, 6.45) is 3.15. The van der Waals surface area contributed by atoms with Gasteiger partial charge >= 0.3 is 12.1 Å². The van der Waals surface area contributed by atoms with Gasteiger partial charge in [-0.05, 0) is 69.8 Å². The largest absolute Gasteiger partial charge is 0.460 e. The maximum Gasteiger partial charge on any atom is 0.442 e. The molecule has 0 saturated carbocycles. The molecule has 0 aliphatic carbocycles. The molecule has 10 nitrogen and oxygen atoms in total. The summed E-state index contributed by atoms with van der Waals surface area (Å²) < 4.78 is 26.6. The standard InChI is InChI=1S/C26H33N5O5S2/c1-6-35-25(33)31-38(5,34)19-13-11-18(12-14-19)29-24-28-17-20(21-9-8-16-37-21)23(30-24)27-15-7-10-22(32)36-26(2,3)4/h8-9,11-14,16-17H,6-7,10,15H2,1-5H3,(H2,27,28,29,30). The second-order valence-electron chi connectivity index (χ2n) is 9.29. The highest BCUT2D eigenvalue weighted by molar-refractivity contribution is 7.93. The Morgan fingerprint density at radius 1 is 1.16 bits per heavy atom. The summed E-state index contributed by atoms with van der Waals surface area (Å²) in [6, 6.07) is 10.6. The highest BCUT2D eigenvalue weighted by Crippen LogP contribution is 2.31. The normalized spacial score (nSPS) is 12.8. The minimum absolute atomic E-state index is 0.159. The molecule has 1 unspecified atom stereocenters. The van der Waals surface area contributed by atoms with Gasteiger partial charge in [-0.1, -0.05) is 6.07 Å². The van der Waals surface area contributed by atoms with Gasteiger partial charge in [0.25, 0.3) is 0 Å². The first-order valence-electron chi connectivity index (χ1n) is 12.1. The van der Waals surface area contributed by atoms with Gasteiger partial charge in [-0.3, -0.25) is 4.79 Å². The quantitative estimate of drug-likeness (QED) is 0.223. The van der Waals surface area contributed by atoms with E-state index in [9.17, 15) is 13.8 Å². The van der Waals surface area contributed by atoms with E-state index >= 15 is 0 Å². The van der Waals surface area contributed by atoms with Gasteiger partial charge < -0.3 is 20.1 Å². The number of ether oxygens (including phenoxy) is 2. The van der Waals surface area contributed by atoms with Gasteiger partial charge in [0.15, 0.2) is 0 Å². The first-order valence-corrected chi connectivity index (χ1v) is 14.9. The van der Waals surface area contributed by atoms with Crippen molar-refractivity contribution >= 4 is 50.6 Å². The molecule has 1 amide bonds. The number of hydrogen-bond acceptors (Lipinski definition) is 10. The molecule has 0 aliphatic heterocycles. The van der Waals surface area contributed by atoms with Crippen LogP contribution in [0.25, 0.3) is 10.4 Å². The Balaban J connectivity index is 1.72. The summed E-state index contributed by atoms with van der Waals surface area (Å²) in [5, 5.41) is 8.44. The Hall–Kier alpha value is -3.51. The van der Waals surface area contributed by atoms with Crippen LogP contribution >= 0.6 is 11.3 Å². The molecule has 0 aliphatic rings. The first-order chi connectivity index (χ1) is 18.0. The lowest BCUT2D eigenvalue weighted by molar-refractivity contribution is -0.154. The Kier molecular flexibility index (Phi) is 9.81. The molecular formula is C26H33N5O5S2. The van der Waals surface area contributed by atoms with Crippen molar-refractivity contribution in [1.29, 1.82) is 0 Å². The number of thiophene rings is 1. The number of aromatic nitrogens is 2. The van der Waals surface area contributed by atoms with Crippen LogP contribution in [0, 0.1) is 0 Å². The van der Waals surface area contributed by atoms with E-state index in [1.807, 2.05) is 38.3 Å². The molecule has 1 atom stereocenters. The Morgan fingerprint density at radius 2 is 1.89 bits per heavy atom. The zero-order valence-electron chi connectivity index (χ0n) is 22.1. The molecule has 2 heterocycles. The van der Waals surface area contributed by atoms with Crippen molar-refractivity contribution in [3.8, 4) is 10.4 Å². The average Bonchev–Trinajstić information content (AvgIpc) is 3.36. The zero-order chi connectivity index (χ0) is 27.8. The SMILES string of the molecule is CCOC(=O)N=S(C)(=O)c1ccc(Nc2ncc(-c3cccs3)c(NCCCC(=O)OC(C)(C)C)n2)cc1. The second kappa shape index (κ2) is 12.8. The second-order valence-corrected chi connectivity index (χ2v) is 12.5. The molecule has 2 aromatic heterocycles. The number of carbonyl (C=O) groups excluding carboxylic acids is 2. The van der Waals surface area contributed by atoms with E-state index in [2.05, 4.69) is 25.0 Å². The predicted octanol–water partition coefficient (Wildman–Crippen LogP) is 6.10. The Morgan fingerprint density at radius 3 is 2.53 bits per heavy atom. The van der Waals surface area contributed by atoms with Crippen molar-refractivity contribution in [3.05, 3.63) is 48.0 Å².